The van der Waals surface area contributed by atoms with E-state index < -0.39 is 23.7 Å². The molecule has 67 heavy (non-hydrogen) atoms. The van der Waals surface area contributed by atoms with Gasteiger partial charge in [-0.3, -0.25) is 9.59 Å². The van der Waals surface area contributed by atoms with Gasteiger partial charge in [0.1, 0.15) is 17.3 Å². The van der Waals surface area contributed by atoms with Crippen molar-refractivity contribution in [2.75, 3.05) is 21.7 Å². The quantitative estimate of drug-likeness (QED) is 0.0490. The van der Waals surface area contributed by atoms with Crippen molar-refractivity contribution in [3.63, 3.8) is 0 Å². The lowest BCUT2D eigenvalue weighted by molar-refractivity contribution is -0.141. The molecule has 6 rings (SSSR count). The van der Waals surface area contributed by atoms with Gasteiger partial charge in [-0.05, 0) is 73.6 Å². The monoisotopic (exact) mass is 1000 g/mol. The second kappa shape index (κ2) is 25.2. The number of nitrogens with two attached hydrogens (primary N) is 1. The van der Waals surface area contributed by atoms with Crippen molar-refractivity contribution in [1.82, 2.24) is 39.0 Å². The number of aromatic nitrogens is 8. The van der Waals surface area contributed by atoms with E-state index in [1.54, 1.807) is 90.1 Å². The Morgan fingerprint density at radius 3 is 1.42 bits per heavy atom. The second-order valence-electron chi connectivity index (χ2n) is 14.5. The Kier molecular flexibility index (Phi) is 21.5. The Bertz CT molecular complexity index is 2530. The van der Waals surface area contributed by atoms with E-state index in [1.165, 1.54) is 21.5 Å². The van der Waals surface area contributed by atoms with Gasteiger partial charge in [0.05, 0.1) is 18.1 Å². The number of benzene rings is 2. The molecule has 5 N–H and O–H groups in total. The van der Waals surface area contributed by atoms with E-state index in [9.17, 15) is 35.9 Å². The lowest BCUT2D eigenvalue weighted by Gasteiger charge is -2.13. The van der Waals surface area contributed by atoms with Gasteiger partial charge in [-0.2, -0.15) is 36.3 Å². The summed E-state index contributed by atoms with van der Waals surface area (Å²) in [7, 11) is 0. The Morgan fingerprint density at radius 1 is 0.657 bits per heavy atom. The summed E-state index contributed by atoms with van der Waals surface area (Å²) in [5.74, 6) is 1.10. The smallest absolute Gasteiger partial charge is 0.394 e. The van der Waals surface area contributed by atoms with Crippen LogP contribution in [-0.4, -0.2) is 50.2 Å². The Balaban J connectivity index is 0.000000409. The number of halogens is 9. The number of amides is 1. The van der Waals surface area contributed by atoms with Crippen LogP contribution in [0.3, 0.4) is 0 Å². The number of hydrogen-bond acceptors (Lipinski definition) is 11. The van der Waals surface area contributed by atoms with Crippen LogP contribution in [0.15, 0.2) is 73.3 Å². The van der Waals surface area contributed by atoms with Gasteiger partial charge >= 0.3 is 12.4 Å². The summed E-state index contributed by atoms with van der Waals surface area (Å²) in [6.07, 6.45) is -3.38. The average molecular weight is 1000 g/mol. The molecule has 23 heteroatoms. The molecule has 364 valence electrons. The molecule has 0 fully saturated rings. The minimum Gasteiger partial charge on any atom is -0.394 e. The fourth-order valence-corrected chi connectivity index (χ4v) is 5.79. The lowest BCUT2D eigenvalue weighted by Crippen LogP contribution is -2.13. The predicted molar refractivity (Wildman–Crippen MR) is 253 cm³/mol. The summed E-state index contributed by atoms with van der Waals surface area (Å²) in [5, 5.41) is 8.67. The molecule has 0 aliphatic carbocycles. The summed E-state index contributed by atoms with van der Waals surface area (Å²) in [4.78, 5) is 44.6. The SMILES string of the molecule is C.C.CC(C)n1cc(C(F)(F)F)nc1-c1ccc(CNc2nc(Cl)ncc2N)cc1.CCC(=O)Cl.CCC(=O)Nc1cnc(Cl)nc1NCc1ccc(-c2nc(C(F)(F)F)cn2C(C)C)cc1. The van der Waals surface area contributed by atoms with Crippen LogP contribution in [0.2, 0.25) is 10.6 Å². The minimum atomic E-state index is -4.51. The number of alkyl halides is 6. The van der Waals surface area contributed by atoms with Crippen molar-refractivity contribution in [3.8, 4) is 22.8 Å². The molecule has 0 aliphatic heterocycles. The lowest BCUT2D eigenvalue weighted by atomic mass is 10.1. The van der Waals surface area contributed by atoms with Crippen LogP contribution in [0.1, 0.15) is 104 Å². The molecule has 1 amide bonds. The number of imidazole rings is 2. The summed E-state index contributed by atoms with van der Waals surface area (Å²) >= 11 is 16.4. The van der Waals surface area contributed by atoms with Crippen LogP contribution in [0.5, 0.6) is 0 Å². The third kappa shape index (κ3) is 16.7. The first-order chi connectivity index (χ1) is 30.5. The van der Waals surface area contributed by atoms with E-state index in [4.69, 9.17) is 40.5 Å². The Hall–Kier alpha value is -5.99. The van der Waals surface area contributed by atoms with Crippen LogP contribution in [0, 0.1) is 0 Å². The van der Waals surface area contributed by atoms with Gasteiger partial charge in [0.15, 0.2) is 23.0 Å². The summed E-state index contributed by atoms with van der Waals surface area (Å²) in [6.45, 7) is 11.4. The number of hydrogen-bond donors (Lipinski definition) is 4. The number of nitrogens with zero attached hydrogens (tertiary/aromatic N) is 8. The normalized spacial score (nSPS) is 11.1. The topological polar surface area (TPSA) is 183 Å². The second-order valence-corrected chi connectivity index (χ2v) is 15.6. The number of rotatable bonds is 13. The molecular formula is C44H53Cl3F6N12O2. The maximum Gasteiger partial charge on any atom is 0.434 e. The molecule has 14 nitrogen and oxygen atoms in total. The molecule has 0 radical (unpaired) electrons. The van der Waals surface area contributed by atoms with Crippen molar-refractivity contribution >= 4 is 69.0 Å². The summed E-state index contributed by atoms with van der Waals surface area (Å²) < 4.78 is 81.5. The number of carbonyl (C=O) groups excluding carboxylic acids is 2. The number of anilines is 4. The molecule has 4 aromatic heterocycles. The molecule has 0 aliphatic rings. The first-order valence-corrected chi connectivity index (χ1v) is 20.9. The van der Waals surface area contributed by atoms with Crippen molar-refractivity contribution < 1.29 is 35.9 Å². The zero-order chi connectivity index (χ0) is 48.2. The molecule has 2 aromatic carbocycles. The van der Waals surface area contributed by atoms with Crippen molar-refractivity contribution in [1.29, 1.82) is 0 Å². The number of nitrogens with one attached hydrogen (secondary N) is 3. The van der Waals surface area contributed by atoms with Crippen LogP contribution in [0.4, 0.5) is 49.4 Å². The summed E-state index contributed by atoms with van der Waals surface area (Å²) in [6, 6.07) is 13.7. The standard InChI is InChI=1S/C21H22ClF3N6O.C18H18ClF3N6.C3H5ClO.2CH4/c1-4-17(32)28-15-10-27-20(22)30-18(15)26-9-13-5-7-14(8-6-13)19-29-16(21(23,24)25)11-31(19)12(2)3;1-10(2)28-9-14(18(20,21)22)26-16(28)12-5-3-11(4-6-12)7-24-15-13(23)8-25-17(19)27-15;1-2-3(4)5;;/h5-8,10-12H,4,9H2,1-3H3,(H,28,32)(H,26,27,30);3-6,8-10H,7,23H2,1-2H3,(H,24,25,27);2H2,1H3;2*1H4. The molecule has 0 saturated heterocycles. The highest BCUT2D eigenvalue weighted by Crippen LogP contribution is 2.34. The largest absolute Gasteiger partial charge is 0.434 e. The van der Waals surface area contributed by atoms with Gasteiger partial charge in [-0.1, -0.05) is 77.2 Å². The fraction of sp³-hybridized carbons (Fsp3) is 0.364. The molecule has 0 atom stereocenters. The maximum atomic E-state index is 13.1. The highest BCUT2D eigenvalue weighted by atomic mass is 35.5. The summed E-state index contributed by atoms with van der Waals surface area (Å²) in [5.41, 5.74) is 7.61. The third-order valence-corrected chi connectivity index (χ3v) is 9.55. The Labute approximate surface area is 400 Å². The molecule has 0 saturated carbocycles. The van der Waals surface area contributed by atoms with E-state index in [1.807, 2.05) is 0 Å². The van der Waals surface area contributed by atoms with Crippen LogP contribution in [-0.2, 0) is 35.0 Å². The molecule has 4 heterocycles. The molecule has 6 aromatic rings. The number of nitrogen functional groups attached to an aromatic ring is 1. The first-order valence-electron chi connectivity index (χ1n) is 19.8. The third-order valence-electron chi connectivity index (χ3n) is 8.92. The predicted octanol–water partition coefficient (Wildman–Crippen LogP) is 12.8. The highest BCUT2D eigenvalue weighted by molar-refractivity contribution is 6.63. The molecular weight excluding hydrogens is 949 g/mol. The van der Waals surface area contributed by atoms with Gasteiger partial charge in [0, 0.05) is 61.5 Å². The first kappa shape index (κ1) is 57.1. The molecule has 0 unspecified atom stereocenters. The minimum absolute atomic E-state index is 0. The molecule has 0 bridgehead atoms. The van der Waals surface area contributed by atoms with E-state index in [-0.39, 0.29) is 60.3 Å². The van der Waals surface area contributed by atoms with E-state index >= 15 is 0 Å². The number of carbonyl (C=O) groups is 2. The average Bonchev–Trinajstić information content (AvgIpc) is 3.93. The van der Waals surface area contributed by atoms with Crippen molar-refractivity contribution in [3.05, 3.63) is 106 Å². The van der Waals surface area contributed by atoms with Crippen LogP contribution < -0.4 is 21.7 Å². The van der Waals surface area contributed by atoms with E-state index in [0.717, 1.165) is 23.5 Å². The zero-order valence-electron chi connectivity index (χ0n) is 35.8. The zero-order valence-corrected chi connectivity index (χ0v) is 38.1. The Morgan fingerprint density at radius 2 is 1.04 bits per heavy atom. The van der Waals surface area contributed by atoms with Gasteiger partial charge in [-0.15, -0.1) is 0 Å². The van der Waals surface area contributed by atoms with E-state index in [2.05, 4.69) is 45.9 Å². The molecule has 0 spiro atoms. The van der Waals surface area contributed by atoms with Gasteiger partial charge in [-0.25, -0.2) is 19.9 Å². The fourth-order valence-electron chi connectivity index (χ4n) is 5.53. The van der Waals surface area contributed by atoms with Crippen LogP contribution >= 0.6 is 34.8 Å². The van der Waals surface area contributed by atoms with Gasteiger partial charge in [0.2, 0.25) is 21.7 Å². The van der Waals surface area contributed by atoms with Gasteiger partial charge < -0.3 is 30.8 Å². The van der Waals surface area contributed by atoms with Gasteiger partial charge in [0.25, 0.3) is 0 Å². The van der Waals surface area contributed by atoms with Crippen molar-refractivity contribution in [2.24, 2.45) is 0 Å². The highest BCUT2D eigenvalue weighted by Gasteiger charge is 2.36. The van der Waals surface area contributed by atoms with Crippen molar-refractivity contribution in [2.45, 2.75) is 107 Å². The van der Waals surface area contributed by atoms with E-state index in [0.29, 0.717) is 60.1 Å². The van der Waals surface area contributed by atoms with Crippen LogP contribution in [0.25, 0.3) is 22.8 Å². The maximum absolute atomic E-state index is 13.1.